The molecule has 1 saturated heterocycles. The van der Waals surface area contributed by atoms with Crippen LogP contribution in [0.15, 0.2) is 10.6 Å². The van der Waals surface area contributed by atoms with Gasteiger partial charge in [-0.1, -0.05) is 5.16 Å². The molecule has 0 radical (unpaired) electrons. The van der Waals surface area contributed by atoms with Crippen molar-refractivity contribution in [1.82, 2.24) is 20.7 Å². The van der Waals surface area contributed by atoms with Gasteiger partial charge >= 0.3 is 12.2 Å². The Bertz CT molecular complexity index is 681. The summed E-state index contributed by atoms with van der Waals surface area (Å²) in [7, 11) is 1.48. The van der Waals surface area contributed by atoms with E-state index in [0.717, 1.165) is 6.42 Å². The van der Waals surface area contributed by atoms with Crippen LogP contribution in [0.2, 0.25) is 0 Å². The van der Waals surface area contributed by atoms with Gasteiger partial charge in [0.25, 0.3) is 5.91 Å². The highest BCUT2D eigenvalue weighted by Gasteiger charge is 2.30. The van der Waals surface area contributed by atoms with Gasteiger partial charge in [-0.05, 0) is 33.1 Å². The smallest absolute Gasteiger partial charge is 0.410 e. The second-order valence-corrected chi connectivity index (χ2v) is 7.30. The van der Waals surface area contributed by atoms with Gasteiger partial charge in [-0.3, -0.25) is 4.79 Å². The van der Waals surface area contributed by atoms with Crippen LogP contribution in [0.5, 0.6) is 0 Å². The topological polar surface area (TPSA) is 123 Å². The molecule has 0 aliphatic carbocycles. The zero-order chi connectivity index (χ0) is 20.0. The molecule has 1 aliphatic heterocycles. The van der Waals surface area contributed by atoms with Crippen LogP contribution in [0.4, 0.5) is 9.59 Å². The van der Waals surface area contributed by atoms with Gasteiger partial charge in [0, 0.05) is 32.7 Å². The molecule has 0 saturated carbocycles. The first kappa shape index (κ1) is 20.5. The molecular formula is C17H26N4O6. The number of amides is 3. The molecule has 150 valence electrons. The van der Waals surface area contributed by atoms with Gasteiger partial charge in [0.2, 0.25) is 0 Å². The van der Waals surface area contributed by atoms with E-state index in [0.29, 0.717) is 19.6 Å². The van der Waals surface area contributed by atoms with Crippen LogP contribution in [0.3, 0.4) is 0 Å². The van der Waals surface area contributed by atoms with E-state index < -0.39 is 11.7 Å². The van der Waals surface area contributed by atoms with Crippen LogP contribution in [0, 0.1) is 5.92 Å². The van der Waals surface area contributed by atoms with E-state index in [9.17, 15) is 14.4 Å². The molecule has 0 aromatic carbocycles. The summed E-state index contributed by atoms with van der Waals surface area (Å²) in [6.07, 6.45) is -0.176. The zero-order valence-electron chi connectivity index (χ0n) is 16.0. The van der Waals surface area contributed by atoms with Gasteiger partial charge < -0.3 is 29.5 Å². The Labute approximate surface area is 157 Å². The highest BCUT2D eigenvalue weighted by molar-refractivity contribution is 5.91. The molecule has 1 aromatic heterocycles. The fraction of sp³-hybridized carbons (Fsp3) is 0.647. The third kappa shape index (κ3) is 6.46. The van der Waals surface area contributed by atoms with E-state index >= 15 is 0 Å². The van der Waals surface area contributed by atoms with E-state index in [1.807, 2.05) is 20.8 Å². The first-order valence-corrected chi connectivity index (χ1v) is 8.74. The maximum Gasteiger partial charge on any atom is 0.410 e. The number of ether oxygens (including phenoxy) is 2. The Morgan fingerprint density at radius 2 is 2.11 bits per heavy atom. The van der Waals surface area contributed by atoms with Crippen LogP contribution >= 0.6 is 0 Å². The molecule has 2 N–H and O–H groups in total. The van der Waals surface area contributed by atoms with Crippen molar-refractivity contribution < 1.29 is 28.4 Å². The first-order valence-electron chi connectivity index (χ1n) is 8.74. The monoisotopic (exact) mass is 382 g/mol. The Morgan fingerprint density at radius 1 is 1.37 bits per heavy atom. The van der Waals surface area contributed by atoms with Crippen LogP contribution in [0.1, 0.15) is 43.4 Å². The lowest BCUT2D eigenvalue weighted by molar-refractivity contribution is 0.0288. The van der Waals surface area contributed by atoms with Crippen molar-refractivity contribution in [3.63, 3.8) is 0 Å². The summed E-state index contributed by atoms with van der Waals surface area (Å²) in [4.78, 5) is 36.8. The molecule has 1 unspecified atom stereocenters. The third-order valence-electron chi connectivity index (χ3n) is 3.84. The normalized spacial score (nSPS) is 16.7. The number of aromatic nitrogens is 1. The molecule has 1 aliphatic rings. The van der Waals surface area contributed by atoms with Crippen molar-refractivity contribution >= 4 is 18.1 Å². The summed E-state index contributed by atoms with van der Waals surface area (Å²) in [5.41, 5.74) is -0.417. The number of carbonyl (C=O) groups excluding carboxylic acids is 3. The molecule has 10 nitrogen and oxygen atoms in total. The minimum absolute atomic E-state index is 0.115. The maximum absolute atomic E-state index is 12.0. The summed E-state index contributed by atoms with van der Waals surface area (Å²) >= 11 is 0. The highest BCUT2D eigenvalue weighted by atomic mass is 16.6. The Balaban J connectivity index is 1.68. The number of carbonyl (C=O) groups is 3. The van der Waals surface area contributed by atoms with Gasteiger partial charge in [0.1, 0.15) is 5.60 Å². The fourth-order valence-electron chi connectivity index (χ4n) is 2.52. The molecule has 2 heterocycles. The average molecular weight is 382 g/mol. The summed E-state index contributed by atoms with van der Waals surface area (Å²) in [5, 5.41) is 8.65. The van der Waals surface area contributed by atoms with E-state index in [2.05, 4.69) is 15.8 Å². The van der Waals surface area contributed by atoms with Gasteiger partial charge in [-0.25, -0.2) is 9.59 Å². The van der Waals surface area contributed by atoms with Crippen molar-refractivity contribution in [3.05, 3.63) is 17.5 Å². The van der Waals surface area contributed by atoms with E-state index in [1.54, 1.807) is 4.90 Å². The van der Waals surface area contributed by atoms with Crippen molar-refractivity contribution in [2.24, 2.45) is 5.92 Å². The minimum Gasteiger partial charge on any atom is -0.444 e. The molecule has 10 heteroatoms. The number of alkyl carbamates (subject to hydrolysis) is 1. The van der Waals surface area contributed by atoms with Crippen molar-refractivity contribution in [2.75, 3.05) is 26.7 Å². The molecule has 27 heavy (non-hydrogen) atoms. The molecule has 2 rings (SSSR count). The molecule has 3 amide bonds. The van der Waals surface area contributed by atoms with Crippen LogP contribution in [-0.2, 0) is 16.1 Å². The number of rotatable bonds is 5. The molecule has 1 fully saturated rings. The Morgan fingerprint density at radius 3 is 2.78 bits per heavy atom. The standard InChI is InChI=1S/C17H26N4O6/c1-17(2,3)26-16(24)21-6-5-11(9-21)8-19-15(23)25-10-12-7-13(20-27-12)14(22)18-4/h7,11H,5-6,8-10H2,1-4H3,(H,18,22)(H,19,23). The Hall–Kier alpha value is -2.78. The lowest BCUT2D eigenvalue weighted by Crippen LogP contribution is -2.36. The summed E-state index contributed by atoms with van der Waals surface area (Å²) in [5.74, 6) is 0.0149. The van der Waals surface area contributed by atoms with Gasteiger partial charge in [0.15, 0.2) is 18.1 Å². The fourth-order valence-corrected chi connectivity index (χ4v) is 2.52. The van der Waals surface area contributed by atoms with E-state index in [-0.39, 0.29) is 36.0 Å². The number of hydrogen-bond acceptors (Lipinski definition) is 7. The highest BCUT2D eigenvalue weighted by Crippen LogP contribution is 2.19. The number of nitrogens with one attached hydrogen (secondary N) is 2. The number of nitrogens with zero attached hydrogens (tertiary/aromatic N) is 2. The second kappa shape index (κ2) is 8.74. The molecule has 0 spiro atoms. The zero-order valence-corrected chi connectivity index (χ0v) is 16.0. The summed E-state index contributed by atoms with van der Waals surface area (Å²) < 4.78 is 15.3. The molecular weight excluding hydrogens is 356 g/mol. The molecule has 0 bridgehead atoms. The van der Waals surface area contributed by atoms with Crippen molar-refractivity contribution in [3.8, 4) is 0 Å². The summed E-state index contributed by atoms with van der Waals surface area (Å²) in [6, 6.07) is 1.40. The van der Waals surface area contributed by atoms with Crippen LogP contribution in [-0.4, -0.2) is 60.4 Å². The Kier molecular flexibility index (Phi) is 6.65. The molecule has 1 atom stereocenters. The number of likely N-dealkylation sites (tertiary alicyclic amines) is 1. The van der Waals surface area contributed by atoms with Crippen LogP contribution in [0.25, 0.3) is 0 Å². The predicted molar refractivity (Wildman–Crippen MR) is 94.0 cm³/mol. The number of hydrogen-bond donors (Lipinski definition) is 2. The second-order valence-electron chi connectivity index (χ2n) is 7.30. The maximum atomic E-state index is 12.0. The average Bonchev–Trinajstić information content (AvgIpc) is 3.25. The molecule has 1 aromatic rings. The van der Waals surface area contributed by atoms with Crippen molar-refractivity contribution in [1.29, 1.82) is 0 Å². The van der Waals surface area contributed by atoms with Crippen LogP contribution < -0.4 is 10.6 Å². The van der Waals surface area contributed by atoms with Gasteiger partial charge in [0.05, 0.1) is 0 Å². The quantitative estimate of drug-likeness (QED) is 0.791. The van der Waals surface area contributed by atoms with E-state index in [1.165, 1.54) is 13.1 Å². The SMILES string of the molecule is CNC(=O)c1cc(COC(=O)NCC2CCN(C(=O)OC(C)(C)C)C2)on1. The van der Waals surface area contributed by atoms with Gasteiger partial charge in [-0.2, -0.15) is 0 Å². The predicted octanol–water partition coefficient (Wildman–Crippen LogP) is 1.52. The lowest BCUT2D eigenvalue weighted by Gasteiger charge is -2.24. The van der Waals surface area contributed by atoms with E-state index in [4.69, 9.17) is 14.0 Å². The van der Waals surface area contributed by atoms with Crippen molar-refractivity contribution in [2.45, 2.75) is 39.4 Å². The summed E-state index contributed by atoms with van der Waals surface area (Å²) in [6.45, 7) is 6.83. The lowest BCUT2D eigenvalue weighted by atomic mass is 10.1. The van der Waals surface area contributed by atoms with Gasteiger partial charge in [-0.15, -0.1) is 0 Å². The first-order chi connectivity index (χ1) is 12.7. The largest absolute Gasteiger partial charge is 0.444 e. The third-order valence-corrected chi connectivity index (χ3v) is 3.84. The minimum atomic E-state index is -0.608.